The number of allylic oxidation sites excluding steroid dienone is 1. The van der Waals surface area contributed by atoms with Gasteiger partial charge in [-0.25, -0.2) is 0 Å². The first-order chi connectivity index (χ1) is 4.16. The van der Waals surface area contributed by atoms with Crippen molar-refractivity contribution in [2.75, 3.05) is 6.61 Å². The summed E-state index contributed by atoms with van der Waals surface area (Å²) in [7, 11) is 0. The molecule has 0 unspecified atom stereocenters. The van der Waals surface area contributed by atoms with Crippen molar-refractivity contribution in [3.63, 3.8) is 0 Å². The lowest BCUT2D eigenvalue weighted by Gasteiger charge is -1.97. The molecule has 2 nitrogen and oxygen atoms in total. The molecule has 52 valence electrons. The van der Waals surface area contributed by atoms with Crippen LogP contribution in [0.5, 0.6) is 0 Å². The topological polar surface area (TPSA) is 29.5 Å². The lowest BCUT2D eigenvalue weighted by atomic mass is 10.5. The second-order valence-electron chi connectivity index (χ2n) is 1.54. The van der Waals surface area contributed by atoms with Crippen molar-refractivity contribution in [3.05, 3.63) is 11.8 Å². The highest BCUT2D eigenvalue weighted by Gasteiger charge is 1.88. The zero-order chi connectivity index (χ0) is 7.28. The first-order valence-electron chi connectivity index (χ1n) is 2.70. The van der Waals surface area contributed by atoms with E-state index >= 15 is 0 Å². The number of hydrogen-bond acceptors (Lipinski definition) is 3. The molecule has 0 spiro atoms. The van der Waals surface area contributed by atoms with Crippen molar-refractivity contribution in [2.45, 2.75) is 13.8 Å². The van der Waals surface area contributed by atoms with Gasteiger partial charge < -0.3 is 9.84 Å². The molecule has 1 N–H and O–H groups in total. The Kier molecular flexibility index (Phi) is 4.05. The van der Waals surface area contributed by atoms with E-state index in [2.05, 4.69) is 12.2 Å². The Morgan fingerprint density at radius 1 is 1.78 bits per heavy atom. The number of ether oxygens (including phenoxy) is 1. The lowest BCUT2D eigenvalue weighted by Crippen LogP contribution is -1.97. The van der Waals surface area contributed by atoms with Crippen molar-refractivity contribution < 1.29 is 9.84 Å². The summed E-state index contributed by atoms with van der Waals surface area (Å²) in [5.41, 5.74) is 0. The van der Waals surface area contributed by atoms with Crippen LogP contribution in [0.4, 0.5) is 0 Å². The molecular weight excluding hydrogens is 136 g/mol. The van der Waals surface area contributed by atoms with Crippen molar-refractivity contribution in [3.8, 4) is 0 Å². The quantitative estimate of drug-likeness (QED) is 0.366. The van der Waals surface area contributed by atoms with Gasteiger partial charge in [0.25, 0.3) is 0 Å². The second kappa shape index (κ2) is 4.32. The minimum atomic E-state index is 0.174. The highest BCUT2D eigenvalue weighted by molar-refractivity contribution is 7.80. The van der Waals surface area contributed by atoms with Crippen LogP contribution in [0.15, 0.2) is 11.8 Å². The minimum Gasteiger partial charge on any atom is -0.512 e. The third kappa shape index (κ3) is 5.30. The molecule has 0 atom stereocenters. The fourth-order valence-corrected chi connectivity index (χ4v) is 0.643. The summed E-state index contributed by atoms with van der Waals surface area (Å²) in [6.45, 7) is 3.93. The number of hydrogen-bond donors (Lipinski definition) is 1. The van der Waals surface area contributed by atoms with Crippen LogP contribution < -0.4 is 0 Å². The van der Waals surface area contributed by atoms with Crippen molar-refractivity contribution in [2.24, 2.45) is 0 Å². The molecular formula is C6H10O2S. The number of aliphatic hydroxyl groups excluding tert-OH is 1. The van der Waals surface area contributed by atoms with Gasteiger partial charge in [-0.2, -0.15) is 0 Å². The maximum atomic E-state index is 8.64. The molecule has 0 aliphatic rings. The van der Waals surface area contributed by atoms with Crippen LogP contribution in [-0.4, -0.2) is 16.8 Å². The summed E-state index contributed by atoms with van der Waals surface area (Å²) >= 11 is 4.67. The van der Waals surface area contributed by atoms with E-state index in [-0.39, 0.29) is 5.76 Å². The first kappa shape index (κ1) is 8.43. The van der Waals surface area contributed by atoms with Gasteiger partial charge in [0.2, 0.25) is 0 Å². The smallest absolute Gasteiger partial charge is 0.187 e. The Bertz CT molecular complexity index is 125. The Hall–Kier alpha value is -0.570. The predicted octanol–water partition coefficient (Wildman–Crippen LogP) is 1.81. The Morgan fingerprint density at radius 3 is 2.67 bits per heavy atom. The van der Waals surface area contributed by atoms with E-state index in [9.17, 15) is 0 Å². The molecule has 0 aromatic rings. The molecule has 9 heavy (non-hydrogen) atoms. The Balaban J connectivity index is 3.63. The molecule has 0 saturated heterocycles. The van der Waals surface area contributed by atoms with Crippen LogP contribution in [0, 0.1) is 0 Å². The number of rotatable bonds is 2. The summed E-state index contributed by atoms with van der Waals surface area (Å²) in [6, 6.07) is 0. The average Bonchev–Trinajstić information content (AvgIpc) is 1.63. The summed E-state index contributed by atoms with van der Waals surface area (Å²) in [6.07, 6.45) is 1.40. The van der Waals surface area contributed by atoms with Crippen molar-refractivity contribution in [1.82, 2.24) is 0 Å². The molecule has 0 saturated carbocycles. The third-order valence-electron chi connectivity index (χ3n) is 0.613. The number of aliphatic hydroxyl groups is 1. The largest absolute Gasteiger partial charge is 0.512 e. The Morgan fingerprint density at radius 2 is 2.33 bits per heavy atom. The summed E-state index contributed by atoms with van der Waals surface area (Å²) in [5.74, 6) is 0.174. The van der Waals surface area contributed by atoms with Crippen LogP contribution in [0.1, 0.15) is 13.8 Å². The summed E-state index contributed by atoms with van der Waals surface area (Å²) in [5, 5.41) is 8.97. The van der Waals surface area contributed by atoms with E-state index in [1.165, 1.54) is 6.08 Å². The summed E-state index contributed by atoms with van der Waals surface area (Å²) < 4.78 is 4.85. The van der Waals surface area contributed by atoms with Crippen molar-refractivity contribution >= 4 is 17.3 Å². The molecule has 0 radical (unpaired) electrons. The fourth-order valence-electron chi connectivity index (χ4n) is 0.354. The molecule has 0 amide bonds. The average molecular weight is 146 g/mol. The van der Waals surface area contributed by atoms with Gasteiger partial charge >= 0.3 is 0 Å². The van der Waals surface area contributed by atoms with Crippen LogP contribution in [0.2, 0.25) is 0 Å². The SMILES string of the molecule is CCOC(=S)/C=C(/C)O. The van der Waals surface area contributed by atoms with E-state index in [1.54, 1.807) is 6.92 Å². The molecule has 0 fully saturated rings. The van der Waals surface area contributed by atoms with E-state index in [1.807, 2.05) is 6.92 Å². The van der Waals surface area contributed by atoms with E-state index < -0.39 is 0 Å². The maximum Gasteiger partial charge on any atom is 0.187 e. The molecule has 0 aromatic heterocycles. The van der Waals surface area contributed by atoms with E-state index in [0.29, 0.717) is 11.7 Å². The van der Waals surface area contributed by atoms with Gasteiger partial charge in [0.1, 0.15) is 0 Å². The molecule has 0 heterocycles. The van der Waals surface area contributed by atoms with Gasteiger partial charge in [-0.3, -0.25) is 0 Å². The highest BCUT2D eigenvalue weighted by Crippen LogP contribution is 1.89. The number of thiocarbonyl (C=S) groups is 1. The molecule has 0 aliphatic heterocycles. The molecule has 0 aromatic carbocycles. The standard InChI is InChI=1S/C6H10O2S/c1-3-8-6(9)4-5(2)7/h4,7H,3H2,1-2H3/b5-4-. The zero-order valence-corrected chi connectivity index (χ0v) is 6.36. The lowest BCUT2D eigenvalue weighted by molar-refractivity contribution is 0.336. The summed E-state index contributed by atoms with van der Waals surface area (Å²) in [4.78, 5) is 0. The van der Waals surface area contributed by atoms with Crippen LogP contribution in [-0.2, 0) is 4.74 Å². The van der Waals surface area contributed by atoms with Crippen LogP contribution in [0.25, 0.3) is 0 Å². The molecule has 0 rings (SSSR count). The van der Waals surface area contributed by atoms with Crippen LogP contribution >= 0.6 is 12.2 Å². The van der Waals surface area contributed by atoms with Crippen LogP contribution in [0.3, 0.4) is 0 Å². The molecule has 0 aliphatic carbocycles. The van der Waals surface area contributed by atoms with Gasteiger partial charge in [0.15, 0.2) is 5.05 Å². The normalized spacial score (nSPS) is 11.1. The minimum absolute atomic E-state index is 0.174. The first-order valence-corrected chi connectivity index (χ1v) is 3.11. The van der Waals surface area contributed by atoms with Gasteiger partial charge in [-0.15, -0.1) is 0 Å². The van der Waals surface area contributed by atoms with Gasteiger partial charge in [0, 0.05) is 6.08 Å². The maximum absolute atomic E-state index is 8.64. The zero-order valence-electron chi connectivity index (χ0n) is 5.55. The predicted molar refractivity (Wildman–Crippen MR) is 40.6 cm³/mol. The Labute approximate surface area is 60.1 Å². The van der Waals surface area contributed by atoms with Gasteiger partial charge in [-0.05, 0) is 26.1 Å². The van der Waals surface area contributed by atoms with E-state index in [4.69, 9.17) is 9.84 Å². The molecule has 0 bridgehead atoms. The van der Waals surface area contributed by atoms with Gasteiger partial charge in [0.05, 0.1) is 12.4 Å². The second-order valence-corrected chi connectivity index (χ2v) is 1.94. The van der Waals surface area contributed by atoms with E-state index in [0.717, 1.165) is 0 Å². The van der Waals surface area contributed by atoms with Crippen molar-refractivity contribution in [1.29, 1.82) is 0 Å². The van der Waals surface area contributed by atoms with Gasteiger partial charge in [-0.1, -0.05) is 0 Å². The fraction of sp³-hybridized carbons (Fsp3) is 0.500. The molecule has 3 heteroatoms. The third-order valence-corrected chi connectivity index (χ3v) is 0.849. The highest BCUT2D eigenvalue weighted by atomic mass is 32.1. The monoisotopic (exact) mass is 146 g/mol.